The molecule has 0 fully saturated rings. The Balaban J connectivity index is 1.32. The highest BCUT2D eigenvalue weighted by Crippen LogP contribution is 2.28. The minimum Gasteiger partial charge on any atom is -0.366 e. The summed E-state index contributed by atoms with van der Waals surface area (Å²) in [6, 6.07) is 18.0. The van der Waals surface area contributed by atoms with Crippen molar-refractivity contribution in [1.82, 2.24) is 15.3 Å². The minimum atomic E-state index is -0.477. The van der Waals surface area contributed by atoms with Crippen LogP contribution in [0.5, 0.6) is 0 Å². The molecular formula is C28H25FN4O2. The molecule has 0 aliphatic rings. The first kappa shape index (κ1) is 22.4. The van der Waals surface area contributed by atoms with Crippen LogP contribution < -0.4 is 11.1 Å². The summed E-state index contributed by atoms with van der Waals surface area (Å²) in [7, 11) is 0. The number of H-pyrrole nitrogens is 2. The monoisotopic (exact) mass is 468 g/mol. The van der Waals surface area contributed by atoms with Gasteiger partial charge in [-0.1, -0.05) is 30.3 Å². The Morgan fingerprint density at radius 1 is 0.971 bits per heavy atom. The number of aromatic amines is 2. The molecule has 0 aliphatic carbocycles. The maximum Gasteiger partial charge on any atom is 0.267 e. The van der Waals surface area contributed by atoms with Crippen LogP contribution in [-0.4, -0.2) is 28.3 Å². The molecule has 176 valence electrons. The van der Waals surface area contributed by atoms with Gasteiger partial charge in [0.25, 0.3) is 5.91 Å². The Morgan fingerprint density at radius 3 is 2.57 bits per heavy atom. The van der Waals surface area contributed by atoms with E-state index in [1.807, 2.05) is 44.2 Å². The molecule has 0 radical (unpaired) electrons. The maximum atomic E-state index is 14.2. The number of aromatic nitrogens is 2. The fraction of sp³-hybridized carbons (Fsp3) is 0.143. The lowest BCUT2D eigenvalue weighted by atomic mass is 10.0. The van der Waals surface area contributed by atoms with Crippen molar-refractivity contribution in [2.24, 2.45) is 5.73 Å². The van der Waals surface area contributed by atoms with Gasteiger partial charge in [-0.3, -0.25) is 9.59 Å². The fourth-order valence-electron chi connectivity index (χ4n) is 4.63. The van der Waals surface area contributed by atoms with E-state index < -0.39 is 5.91 Å². The predicted molar refractivity (Wildman–Crippen MR) is 136 cm³/mol. The zero-order valence-corrected chi connectivity index (χ0v) is 19.5. The number of carbonyl (C=O) groups excluding carboxylic acids is 2. The number of hydrogen-bond acceptors (Lipinski definition) is 2. The maximum absolute atomic E-state index is 14.2. The molecule has 3 aromatic carbocycles. The summed E-state index contributed by atoms with van der Waals surface area (Å²) < 4.78 is 14.2. The topological polar surface area (TPSA) is 104 Å². The molecule has 35 heavy (non-hydrogen) atoms. The Bertz CT molecular complexity index is 1610. The summed E-state index contributed by atoms with van der Waals surface area (Å²) in [6.07, 6.45) is 0.586. The highest BCUT2D eigenvalue weighted by molar-refractivity contribution is 5.99. The molecule has 5 N–H and O–H groups in total. The molecule has 0 saturated heterocycles. The Hall–Kier alpha value is -4.39. The van der Waals surface area contributed by atoms with Gasteiger partial charge >= 0.3 is 0 Å². The largest absolute Gasteiger partial charge is 0.366 e. The van der Waals surface area contributed by atoms with Gasteiger partial charge in [-0.25, -0.2) is 4.39 Å². The van der Waals surface area contributed by atoms with Gasteiger partial charge in [-0.15, -0.1) is 0 Å². The molecule has 0 spiro atoms. The Labute approximate surface area is 201 Å². The number of primary amides is 1. The number of aryl methyl sites for hydroxylation is 2. The van der Waals surface area contributed by atoms with Crippen LogP contribution in [0, 0.1) is 19.7 Å². The van der Waals surface area contributed by atoms with Gasteiger partial charge in [0.15, 0.2) is 0 Å². The van der Waals surface area contributed by atoms with Gasteiger partial charge in [0, 0.05) is 34.1 Å². The average Bonchev–Trinajstić information content (AvgIpc) is 3.43. The first-order chi connectivity index (χ1) is 16.8. The normalized spacial score (nSPS) is 11.3. The van der Waals surface area contributed by atoms with Crippen LogP contribution in [0.3, 0.4) is 0 Å². The SMILES string of the molecule is Cc1[nH]c2c(F)ccc(C)c2c1CCNC(=O)c1cc2ccc(-c3cccc(C(N)=O)c3)cc2[nH]1. The number of nitrogens with two attached hydrogens (primary N) is 1. The zero-order chi connectivity index (χ0) is 24.7. The quantitative estimate of drug-likeness (QED) is 0.277. The molecule has 0 atom stereocenters. The van der Waals surface area contributed by atoms with E-state index in [2.05, 4.69) is 15.3 Å². The van der Waals surface area contributed by atoms with E-state index >= 15 is 0 Å². The van der Waals surface area contributed by atoms with Gasteiger partial charge < -0.3 is 21.0 Å². The van der Waals surface area contributed by atoms with Gasteiger partial charge in [-0.05, 0) is 72.9 Å². The number of rotatable bonds is 6. The molecule has 6 nitrogen and oxygen atoms in total. The fourth-order valence-corrected chi connectivity index (χ4v) is 4.63. The predicted octanol–water partition coefficient (Wildman–Crippen LogP) is 5.14. The highest BCUT2D eigenvalue weighted by Gasteiger charge is 2.15. The molecule has 0 bridgehead atoms. The summed E-state index contributed by atoms with van der Waals surface area (Å²) in [5.74, 6) is -0.962. The van der Waals surface area contributed by atoms with Crippen LogP contribution in [-0.2, 0) is 6.42 Å². The summed E-state index contributed by atoms with van der Waals surface area (Å²) in [6.45, 7) is 4.30. The van der Waals surface area contributed by atoms with Crippen LogP contribution in [0.2, 0.25) is 0 Å². The van der Waals surface area contributed by atoms with E-state index in [-0.39, 0.29) is 11.7 Å². The number of hydrogen-bond donors (Lipinski definition) is 4. The van der Waals surface area contributed by atoms with Gasteiger partial charge in [0.2, 0.25) is 5.91 Å². The van der Waals surface area contributed by atoms with Crippen molar-refractivity contribution in [1.29, 1.82) is 0 Å². The molecule has 7 heteroatoms. The molecule has 2 aromatic heterocycles. The smallest absolute Gasteiger partial charge is 0.267 e. The summed E-state index contributed by atoms with van der Waals surface area (Å²) >= 11 is 0. The number of halogens is 1. The van der Waals surface area contributed by atoms with Crippen molar-refractivity contribution < 1.29 is 14.0 Å². The van der Waals surface area contributed by atoms with Crippen LogP contribution in [0.1, 0.15) is 37.7 Å². The number of amides is 2. The lowest BCUT2D eigenvalue weighted by molar-refractivity contribution is 0.0948. The molecule has 0 saturated carbocycles. The number of nitrogens with one attached hydrogen (secondary N) is 3. The zero-order valence-electron chi connectivity index (χ0n) is 19.5. The second-order valence-corrected chi connectivity index (χ2v) is 8.78. The third kappa shape index (κ3) is 4.17. The van der Waals surface area contributed by atoms with E-state index in [4.69, 9.17) is 5.73 Å². The van der Waals surface area contributed by atoms with E-state index in [0.29, 0.717) is 29.7 Å². The van der Waals surface area contributed by atoms with Crippen molar-refractivity contribution in [2.75, 3.05) is 6.54 Å². The van der Waals surface area contributed by atoms with E-state index in [9.17, 15) is 14.0 Å². The van der Waals surface area contributed by atoms with Crippen molar-refractivity contribution in [3.63, 3.8) is 0 Å². The molecule has 0 unspecified atom stereocenters. The third-order valence-corrected chi connectivity index (χ3v) is 6.44. The summed E-state index contributed by atoms with van der Waals surface area (Å²) in [5.41, 5.74) is 12.3. The van der Waals surface area contributed by atoms with Crippen LogP contribution in [0.4, 0.5) is 4.39 Å². The second kappa shape index (κ2) is 8.76. The van der Waals surface area contributed by atoms with Crippen molar-refractivity contribution in [2.45, 2.75) is 20.3 Å². The van der Waals surface area contributed by atoms with E-state index in [1.165, 1.54) is 6.07 Å². The average molecular weight is 469 g/mol. The van der Waals surface area contributed by atoms with Gasteiger partial charge in [-0.2, -0.15) is 0 Å². The standard InChI is InChI=1S/C28H25FN4O2/c1-15-6-9-22(29)26-25(15)21(16(2)32-26)10-11-31-28(35)24-14-19-8-7-18(13-23(19)33-24)17-4-3-5-20(12-17)27(30)34/h3-9,12-14,32-33H,10-11H2,1-2H3,(H2,30,34)(H,31,35). The lowest BCUT2D eigenvalue weighted by Gasteiger charge is -2.06. The lowest BCUT2D eigenvalue weighted by Crippen LogP contribution is -2.26. The molecule has 2 amide bonds. The van der Waals surface area contributed by atoms with Crippen LogP contribution in [0.15, 0.2) is 60.7 Å². The second-order valence-electron chi connectivity index (χ2n) is 8.78. The minimum absolute atomic E-state index is 0.209. The number of fused-ring (bicyclic) bond motifs is 2. The Morgan fingerprint density at radius 2 is 1.77 bits per heavy atom. The van der Waals surface area contributed by atoms with E-state index in [1.54, 1.807) is 24.3 Å². The summed E-state index contributed by atoms with van der Waals surface area (Å²) in [4.78, 5) is 30.6. The van der Waals surface area contributed by atoms with Crippen LogP contribution >= 0.6 is 0 Å². The van der Waals surface area contributed by atoms with Gasteiger partial charge in [0.05, 0.1) is 5.52 Å². The molecule has 0 aliphatic heterocycles. The highest BCUT2D eigenvalue weighted by atomic mass is 19.1. The van der Waals surface area contributed by atoms with Crippen molar-refractivity contribution in [3.8, 4) is 11.1 Å². The van der Waals surface area contributed by atoms with Crippen molar-refractivity contribution >= 4 is 33.6 Å². The molecular weight excluding hydrogens is 443 g/mol. The number of carbonyl (C=O) groups is 2. The van der Waals surface area contributed by atoms with Crippen LogP contribution in [0.25, 0.3) is 32.9 Å². The molecule has 5 aromatic rings. The third-order valence-electron chi connectivity index (χ3n) is 6.44. The molecule has 2 heterocycles. The first-order valence-corrected chi connectivity index (χ1v) is 11.4. The summed E-state index contributed by atoms with van der Waals surface area (Å²) in [5, 5.41) is 4.75. The van der Waals surface area contributed by atoms with Gasteiger partial charge in [0.1, 0.15) is 11.5 Å². The number of benzene rings is 3. The first-order valence-electron chi connectivity index (χ1n) is 11.4. The van der Waals surface area contributed by atoms with Crippen molar-refractivity contribution in [3.05, 3.63) is 94.6 Å². The molecule has 5 rings (SSSR count). The Kier molecular flexibility index (Phi) is 5.61. The van der Waals surface area contributed by atoms with E-state index in [0.717, 1.165) is 44.2 Å².